The van der Waals surface area contributed by atoms with Crippen molar-refractivity contribution in [3.63, 3.8) is 0 Å². The molecule has 0 aliphatic carbocycles. The Morgan fingerprint density at radius 3 is 2.65 bits per heavy atom. The summed E-state index contributed by atoms with van der Waals surface area (Å²) in [5.74, 6) is -0.193. The number of hydrogen-bond donors (Lipinski definition) is 1. The Balaban J connectivity index is 2.23. The van der Waals surface area contributed by atoms with Gasteiger partial charge in [-0.1, -0.05) is 23.2 Å². The highest BCUT2D eigenvalue weighted by atomic mass is 35.5. The number of imidazole rings is 1. The molecule has 0 aliphatic rings. The summed E-state index contributed by atoms with van der Waals surface area (Å²) in [4.78, 5) is 25.6. The average molecular weight is 315 g/mol. The summed E-state index contributed by atoms with van der Waals surface area (Å²) in [6, 6.07) is 3.99. The SMILES string of the molecule is Cc1nc([N+](=O)[O-])cn1C(=O)Nc1ccc(Cl)c(Cl)c1. The van der Waals surface area contributed by atoms with E-state index < -0.39 is 16.8 Å². The molecule has 2 aromatic rings. The van der Waals surface area contributed by atoms with Crippen molar-refractivity contribution in [1.29, 1.82) is 0 Å². The van der Waals surface area contributed by atoms with E-state index in [1.807, 2.05) is 0 Å². The van der Waals surface area contributed by atoms with Crippen LogP contribution < -0.4 is 5.32 Å². The molecule has 0 atom stereocenters. The maximum Gasteiger partial charge on any atom is 0.382 e. The molecule has 1 aromatic carbocycles. The summed E-state index contributed by atoms with van der Waals surface area (Å²) in [6.07, 6.45) is 1.04. The van der Waals surface area contributed by atoms with Gasteiger partial charge in [-0.25, -0.2) is 9.36 Å². The van der Waals surface area contributed by atoms with Crippen LogP contribution in [-0.4, -0.2) is 20.5 Å². The van der Waals surface area contributed by atoms with Gasteiger partial charge in [0, 0.05) is 12.6 Å². The van der Waals surface area contributed by atoms with E-state index in [-0.39, 0.29) is 10.8 Å². The van der Waals surface area contributed by atoms with Gasteiger partial charge >= 0.3 is 11.8 Å². The molecule has 0 saturated carbocycles. The molecule has 20 heavy (non-hydrogen) atoms. The van der Waals surface area contributed by atoms with Crippen LogP contribution in [0.25, 0.3) is 0 Å². The second-order valence-corrected chi connectivity index (χ2v) is 4.65. The fraction of sp³-hybridized carbons (Fsp3) is 0.0909. The molecule has 1 heterocycles. The average Bonchev–Trinajstić information content (AvgIpc) is 2.76. The number of nitrogens with one attached hydrogen (secondary N) is 1. The number of halogens is 2. The Labute approximate surface area is 123 Å². The molecule has 0 aliphatic heterocycles. The maximum absolute atomic E-state index is 12.0. The fourth-order valence-electron chi connectivity index (χ4n) is 1.51. The lowest BCUT2D eigenvalue weighted by Crippen LogP contribution is -2.19. The van der Waals surface area contributed by atoms with Gasteiger partial charge in [0.25, 0.3) is 0 Å². The van der Waals surface area contributed by atoms with Crippen molar-refractivity contribution < 1.29 is 9.72 Å². The van der Waals surface area contributed by atoms with E-state index in [9.17, 15) is 14.9 Å². The topological polar surface area (TPSA) is 90.1 Å². The van der Waals surface area contributed by atoms with Gasteiger partial charge in [-0.05, 0) is 28.1 Å². The van der Waals surface area contributed by atoms with Gasteiger partial charge in [-0.3, -0.25) is 0 Å². The van der Waals surface area contributed by atoms with Crippen LogP contribution in [-0.2, 0) is 0 Å². The van der Waals surface area contributed by atoms with Crippen LogP contribution in [0.3, 0.4) is 0 Å². The molecule has 104 valence electrons. The van der Waals surface area contributed by atoms with Crippen molar-refractivity contribution in [2.24, 2.45) is 0 Å². The zero-order valence-electron chi connectivity index (χ0n) is 10.1. The summed E-state index contributed by atoms with van der Waals surface area (Å²) in [6.45, 7) is 1.49. The van der Waals surface area contributed by atoms with Crippen LogP contribution in [0.5, 0.6) is 0 Å². The number of hydrogen-bond acceptors (Lipinski definition) is 4. The van der Waals surface area contributed by atoms with E-state index in [1.165, 1.54) is 19.1 Å². The molecule has 0 fully saturated rings. The predicted molar refractivity (Wildman–Crippen MR) is 74.5 cm³/mol. The van der Waals surface area contributed by atoms with Gasteiger partial charge in [-0.15, -0.1) is 0 Å². The summed E-state index contributed by atoms with van der Waals surface area (Å²) >= 11 is 11.6. The van der Waals surface area contributed by atoms with Crippen LogP contribution in [0.2, 0.25) is 10.0 Å². The van der Waals surface area contributed by atoms with Crippen molar-refractivity contribution in [3.05, 3.63) is 50.4 Å². The molecule has 0 unspecified atom stereocenters. The molecule has 1 amide bonds. The van der Waals surface area contributed by atoms with Gasteiger partial charge in [0.05, 0.1) is 10.0 Å². The van der Waals surface area contributed by atoms with Gasteiger partial charge < -0.3 is 15.4 Å². The normalized spacial score (nSPS) is 10.3. The van der Waals surface area contributed by atoms with Crippen molar-refractivity contribution in [2.75, 3.05) is 5.32 Å². The number of nitrogens with zero attached hydrogens (tertiary/aromatic N) is 3. The number of nitro groups is 1. The minimum absolute atomic E-state index is 0.203. The van der Waals surface area contributed by atoms with E-state index in [0.717, 1.165) is 10.8 Å². The van der Waals surface area contributed by atoms with Crippen LogP contribution in [0.15, 0.2) is 24.4 Å². The Morgan fingerprint density at radius 2 is 2.10 bits per heavy atom. The first-order valence-corrected chi connectivity index (χ1v) is 6.11. The first-order chi connectivity index (χ1) is 9.38. The molecule has 7 nitrogen and oxygen atoms in total. The number of amides is 1. The number of benzene rings is 1. The van der Waals surface area contributed by atoms with E-state index >= 15 is 0 Å². The summed E-state index contributed by atoms with van der Waals surface area (Å²) in [7, 11) is 0. The van der Waals surface area contributed by atoms with E-state index in [1.54, 1.807) is 6.07 Å². The highest BCUT2D eigenvalue weighted by Crippen LogP contribution is 2.25. The number of aromatic nitrogens is 2. The standard InChI is InChI=1S/C11H8Cl2N4O3/c1-6-14-10(17(19)20)5-16(6)11(18)15-7-2-3-8(12)9(13)4-7/h2-5H,1H3,(H,15,18). The highest BCUT2D eigenvalue weighted by Gasteiger charge is 2.19. The van der Waals surface area contributed by atoms with Crippen LogP contribution in [0.4, 0.5) is 16.3 Å². The number of carbonyl (C=O) groups excluding carboxylic acids is 1. The zero-order chi connectivity index (χ0) is 14.9. The Hall–Kier alpha value is -2.12. The number of anilines is 1. The minimum atomic E-state index is -0.671. The summed E-state index contributed by atoms with van der Waals surface area (Å²) < 4.78 is 1.04. The first kappa shape index (κ1) is 14.3. The second kappa shape index (κ2) is 5.48. The lowest BCUT2D eigenvalue weighted by Gasteiger charge is -2.06. The van der Waals surface area contributed by atoms with Crippen molar-refractivity contribution in [3.8, 4) is 0 Å². The molecule has 1 N–H and O–H groups in total. The van der Waals surface area contributed by atoms with Gasteiger partial charge in [0.2, 0.25) is 5.82 Å². The van der Waals surface area contributed by atoms with Gasteiger partial charge in [0.15, 0.2) is 0 Å². The Morgan fingerprint density at radius 1 is 1.40 bits per heavy atom. The minimum Gasteiger partial charge on any atom is -0.358 e. The van der Waals surface area contributed by atoms with Gasteiger partial charge in [-0.2, -0.15) is 0 Å². The number of carbonyl (C=O) groups is 1. The third-order valence-corrected chi connectivity index (χ3v) is 3.19. The quantitative estimate of drug-likeness (QED) is 0.678. The Kier molecular flexibility index (Phi) is 3.91. The molecule has 0 spiro atoms. The van der Waals surface area contributed by atoms with Crippen LogP contribution >= 0.6 is 23.2 Å². The van der Waals surface area contributed by atoms with Crippen molar-refractivity contribution in [2.45, 2.75) is 6.92 Å². The smallest absolute Gasteiger partial charge is 0.358 e. The molecular formula is C11H8Cl2N4O3. The lowest BCUT2D eigenvalue weighted by molar-refractivity contribution is -0.389. The van der Waals surface area contributed by atoms with E-state index in [4.69, 9.17) is 23.2 Å². The lowest BCUT2D eigenvalue weighted by atomic mass is 10.3. The molecule has 1 aromatic heterocycles. The van der Waals surface area contributed by atoms with Crippen molar-refractivity contribution in [1.82, 2.24) is 9.55 Å². The van der Waals surface area contributed by atoms with E-state index in [0.29, 0.717) is 10.7 Å². The molecule has 0 bridgehead atoms. The van der Waals surface area contributed by atoms with E-state index in [2.05, 4.69) is 10.3 Å². The third-order valence-electron chi connectivity index (χ3n) is 2.45. The fourth-order valence-corrected chi connectivity index (χ4v) is 1.81. The molecular weight excluding hydrogens is 307 g/mol. The van der Waals surface area contributed by atoms with Gasteiger partial charge in [0.1, 0.15) is 6.20 Å². The summed E-state index contributed by atoms with van der Waals surface area (Å²) in [5.41, 5.74) is 0.417. The van der Waals surface area contributed by atoms with Crippen LogP contribution in [0.1, 0.15) is 5.82 Å². The number of rotatable bonds is 2. The molecule has 0 saturated heterocycles. The molecule has 0 radical (unpaired) electrons. The molecule has 2 rings (SSSR count). The number of aryl methyl sites for hydroxylation is 1. The van der Waals surface area contributed by atoms with Crippen LogP contribution in [0, 0.1) is 17.0 Å². The summed E-state index contributed by atoms with van der Waals surface area (Å²) in [5, 5.41) is 13.8. The highest BCUT2D eigenvalue weighted by molar-refractivity contribution is 6.42. The second-order valence-electron chi connectivity index (χ2n) is 3.83. The largest absolute Gasteiger partial charge is 0.382 e. The first-order valence-electron chi connectivity index (χ1n) is 5.35. The third kappa shape index (κ3) is 2.89. The van der Waals surface area contributed by atoms with Crippen molar-refractivity contribution >= 4 is 40.7 Å². The monoisotopic (exact) mass is 314 g/mol. The molecule has 9 heteroatoms. The maximum atomic E-state index is 12.0. The Bertz CT molecular complexity index is 699. The zero-order valence-corrected chi connectivity index (χ0v) is 11.6. The predicted octanol–water partition coefficient (Wildman–Crippen LogP) is 3.49.